The van der Waals surface area contributed by atoms with Gasteiger partial charge in [-0.05, 0) is 31.2 Å². The van der Waals surface area contributed by atoms with Crippen LogP contribution in [0.2, 0.25) is 0 Å². The number of nitrogens with one attached hydrogen (secondary N) is 3. The molecule has 0 saturated heterocycles. The van der Waals surface area contributed by atoms with E-state index in [1.807, 2.05) is 55.5 Å². The lowest BCUT2D eigenvalue weighted by Crippen LogP contribution is -2.17. The lowest BCUT2D eigenvalue weighted by Gasteiger charge is -2.11. The number of nitrogens with zero attached hydrogens (tertiary/aromatic N) is 3. The molecule has 0 spiro atoms. The third-order valence-corrected chi connectivity index (χ3v) is 4.21. The molecule has 3 N–H and O–H groups in total. The molecule has 0 radical (unpaired) electrons. The van der Waals surface area contributed by atoms with Crippen molar-refractivity contribution < 1.29 is 4.79 Å². The fraction of sp³-hybridized carbons (Fsp3) is 0.0455. The van der Waals surface area contributed by atoms with Crippen molar-refractivity contribution in [3.63, 3.8) is 0 Å². The number of hydrogen-bond acceptors (Lipinski definition) is 6. The molecule has 8 nitrogen and oxygen atoms in total. The van der Waals surface area contributed by atoms with Crippen molar-refractivity contribution in [3.8, 4) is 11.3 Å². The van der Waals surface area contributed by atoms with Gasteiger partial charge in [-0.2, -0.15) is 5.10 Å². The number of carbonyl (C=O) groups is 1. The number of rotatable bonds is 5. The Morgan fingerprint density at radius 2 is 1.70 bits per heavy atom. The summed E-state index contributed by atoms with van der Waals surface area (Å²) in [5.74, 6) is 0.868. The molecule has 0 aliphatic rings. The standard InChI is InChI=1S/C22H18N6O2/c1-14-23-19(15-6-3-2-4-7-15)13-20(24-14)25-16-8-5-9-17(12-16)26-22(30)18-10-11-21(29)28-27-18/h2-13H,1H3,(H,26,30)(H,28,29)(H,23,24,25). The maximum absolute atomic E-state index is 12.3. The van der Waals surface area contributed by atoms with E-state index < -0.39 is 5.91 Å². The molecule has 30 heavy (non-hydrogen) atoms. The van der Waals surface area contributed by atoms with E-state index in [1.54, 1.807) is 12.1 Å². The molecule has 0 saturated carbocycles. The predicted octanol–water partition coefficient (Wildman–Crippen LogP) is 3.53. The largest absolute Gasteiger partial charge is 0.340 e. The van der Waals surface area contributed by atoms with Crippen LogP contribution in [-0.2, 0) is 0 Å². The number of aryl methyl sites for hydroxylation is 1. The maximum atomic E-state index is 12.3. The Bertz CT molecular complexity index is 1230. The zero-order chi connectivity index (χ0) is 20.9. The monoisotopic (exact) mass is 398 g/mol. The summed E-state index contributed by atoms with van der Waals surface area (Å²) in [6.07, 6.45) is 0. The van der Waals surface area contributed by atoms with Crippen LogP contribution in [0.3, 0.4) is 0 Å². The zero-order valence-corrected chi connectivity index (χ0v) is 16.1. The van der Waals surface area contributed by atoms with Gasteiger partial charge in [0.2, 0.25) is 0 Å². The van der Waals surface area contributed by atoms with E-state index in [9.17, 15) is 9.59 Å². The smallest absolute Gasteiger partial charge is 0.276 e. The van der Waals surface area contributed by atoms with Crippen LogP contribution < -0.4 is 16.2 Å². The minimum absolute atomic E-state index is 0.117. The van der Waals surface area contributed by atoms with Crippen molar-refractivity contribution in [2.45, 2.75) is 6.92 Å². The van der Waals surface area contributed by atoms with E-state index >= 15 is 0 Å². The average Bonchev–Trinajstić information content (AvgIpc) is 2.75. The number of aromatic amines is 1. The number of aromatic nitrogens is 4. The zero-order valence-electron chi connectivity index (χ0n) is 16.1. The first kappa shape index (κ1) is 19.0. The fourth-order valence-corrected chi connectivity index (χ4v) is 2.88. The summed E-state index contributed by atoms with van der Waals surface area (Å²) in [5.41, 5.74) is 2.89. The Kier molecular flexibility index (Phi) is 5.29. The van der Waals surface area contributed by atoms with Gasteiger partial charge in [-0.25, -0.2) is 15.1 Å². The van der Waals surface area contributed by atoms with Gasteiger partial charge in [-0.15, -0.1) is 0 Å². The number of carbonyl (C=O) groups excluding carboxylic acids is 1. The first-order valence-corrected chi connectivity index (χ1v) is 9.22. The van der Waals surface area contributed by atoms with Gasteiger partial charge in [-0.3, -0.25) is 9.59 Å². The molecule has 4 rings (SSSR count). The van der Waals surface area contributed by atoms with E-state index in [-0.39, 0.29) is 11.3 Å². The van der Waals surface area contributed by atoms with Crippen molar-refractivity contribution in [2.24, 2.45) is 0 Å². The second kappa shape index (κ2) is 8.36. The number of H-pyrrole nitrogens is 1. The van der Waals surface area contributed by atoms with Gasteiger partial charge in [0.25, 0.3) is 11.5 Å². The number of hydrogen-bond donors (Lipinski definition) is 3. The highest BCUT2D eigenvalue weighted by atomic mass is 16.2. The second-order valence-electron chi connectivity index (χ2n) is 6.52. The molecule has 0 atom stereocenters. The first-order chi connectivity index (χ1) is 14.6. The van der Waals surface area contributed by atoms with Gasteiger partial charge < -0.3 is 10.6 Å². The lowest BCUT2D eigenvalue weighted by atomic mass is 10.1. The third-order valence-electron chi connectivity index (χ3n) is 4.21. The number of benzene rings is 2. The molecule has 8 heteroatoms. The number of anilines is 3. The summed E-state index contributed by atoms with van der Waals surface area (Å²) in [7, 11) is 0. The Hall–Kier alpha value is -4.33. The maximum Gasteiger partial charge on any atom is 0.276 e. The topological polar surface area (TPSA) is 113 Å². The van der Waals surface area contributed by atoms with Crippen molar-refractivity contribution in [2.75, 3.05) is 10.6 Å². The van der Waals surface area contributed by atoms with Gasteiger partial charge in [-0.1, -0.05) is 36.4 Å². The molecule has 0 unspecified atom stereocenters. The van der Waals surface area contributed by atoms with Crippen LogP contribution in [0.5, 0.6) is 0 Å². The quantitative estimate of drug-likeness (QED) is 0.474. The second-order valence-corrected chi connectivity index (χ2v) is 6.52. The highest BCUT2D eigenvalue weighted by molar-refractivity contribution is 6.02. The van der Waals surface area contributed by atoms with Crippen molar-refractivity contribution in [1.82, 2.24) is 20.2 Å². The molecule has 0 fully saturated rings. The molecular formula is C22H18N6O2. The Morgan fingerprint density at radius 3 is 2.47 bits per heavy atom. The van der Waals surface area contributed by atoms with Crippen LogP contribution >= 0.6 is 0 Å². The minimum Gasteiger partial charge on any atom is -0.340 e. The predicted molar refractivity (Wildman–Crippen MR) is 115 cm³/mol. The molecule has 4 aromatic rings. The van der Waals surface area contributed by atoms with Crippen LogP contribution in [-0.4, -0.2) is 26.1 Å². The van der Waals surface area contributed by atoms with E-state index in [2.05, 4.69) is 30.8 Å². The highest BCUT2D eigenvalue weighted by Crippen LogP contribution is 2.23. The molecule has 0 aliphatic carbocycles. The van der Waals surface area contributed by atoms with E-state index in [0.29, 0.717) is 17.3 Å². The average molecular weight is 398 g/mol. The molecule has 1 amide bonds. The third kappa shape index (κ3) is 4.56. The van der Waals surface area contributed by atoms with Gasteiger partial charge in [0, 0.05) is 29.1 Å². The molecular weight excluding hydrogens is 380 g/mol. The van der Waals surface area contributed by atoms with Gasteiger partial charge in [0.05, 0.1) is 5.69 Å². The first-order valence-electron chi connectivity index (χ1n) is 9.22. The van der Waals surface area contributed by atoms with Crippen LogP contribution in [0, 0.1) is 6.92 Å². The fourth-order valence-electron chi connectivity index (χ4n) is 2.88. The summed E-state index contributed by atoms with van der Waals surface area (Å²) in [6.45, 7) is 1.84. The Balaban J connectivity index is 1.53. The van der Waals surface area contributed by atoms with Crippen LogP contribution in [0.1, 0.15) is 16.3 Å². The molecule has 2 heterocycles. The van der Waals surface area contributed by atoms with Gasteiger partial charge in [0.1, 0.15) is 17.3 Å². The van der Waals surface area contributed by atoms with Crippen molar-refractivity contribution in [3.05, 3.63) is 94.7 Å². The molecule has 2 aromatic heterocycles. The summed E-state index contributed by atoms with van der Waals surface area (Å²) in [5, 5.41) is 12.0. The Labute approximate surface area is 172 Å². The van der Waals surface area contributed by atoms with E-state index in [4.69, 9.17) is 0 Å². The highest BCUT2D eigenvalue weighted by Gasteiger charge is 2.09. The van der Waals surface area contributed by atoms with E-state index in [1.165, 1.54) is 12.1 Å². The van der Waals surface area contributed by atoms with E-state index in [0.717, 1.165) is 16.9 Å². The van der Waals surface area contributed by atoms with Crippen LogP contribution in [0.15, 0.2) is 77.6 Å². The molecule has 0 aliphatic heterocycles. The minimum atomic E-state index is -0.423. The number of amides is 1. The molecule has 2 aromatic carbocycles. The normalized spacial score (nSPS) is 10.4. The van der Waals surface area contributed by atoms with Crippen LogP contribution in [0.4, 0.5) is 17.2 Å². The SMILES string of the molecule is Cc1nc(Nc2cccc(NC(=O)c3ccc(=O)[nH]n3)c2)cc(-c2ccccc2)n1. The lowest BCUT2D eigenvalue weighted by molar-refractivity contribution is 0.102. The van der Waals surface area contributed by atoms with Crippen LogP contribution in [0.25, 0.3) is 11.3 Å². The van der Waals surface area contributed by atoms with Gasteiger partial charge in [0.15, 0.2) is 0 Å². The summed E-state index contributed by atoms with van der Waals surface area (Å²) >= 11 is 0. The summed E-state index contributed by atoms with van der Waals surface area (Å²) in [4.78, 5) is 32.3. The summed E-state index contributed by atoms with van der Waals surface area (Å²) < 4.78 is 0. The van der Waals surface area contributed by atoms with Crippen molar-refractivity contribution in [1.29, 1.82) is 0 Å². The molecule has 148 valence electrons. The summed E-state index contributed by atoms with van der Waals surface area (Å²) in [6, 6.07) is 21.6. The molecule has 0 bridgehead atoms. The van der Waals surface area contributed by atoms with Gasteiger partial charge >= 0.3 is 0 Å². The van der Waals surface area contributed by atoms with Crippen molar-refractivity contribution >= 4 is 23.1 Å². The Morgan fingerprint density at radius 1 is 0.900 bits per heavy atom.